The first kappa shape index (κ1) is 13.0. The molecule has 0 aromatic heterocycles. The molecule has 0 radical (unpaired) electrons. The summed E-state index contributed by atoms with van der Waals surface area (Å²) in [5, 5.41) is 9.27. The molecule has 1 aromatic rings. The van der Waals surface area contributed by atoms with Gasteiger partial charge in [-0.15, -0.1) is 0 Å². The monoisotopic (exact) mass is 251 g/mol. The Morgan fingerprint density at radius 1 is 1.44 bits per heavy atom. The summed E-state index contributed by atoms with van der Waals surface area (Å²) in [6.07, 6.45) is 0.982. The van der Waals surface area contributed by atoms with E-state index in [4.69, 9.17) is 0 Å². The average molecular weight is 251 g/mol. The summed E-state index contributed by atoms with van der Waals surface area (Å²) in [5.74, 6) is -1.88. The number of likely N-dealkylation sites (tertiary alicyclic amines) is 1. The van der Waals surface area contributed by atoms with Crippen molar-refractivity contribution in [3.05, 3.63) is 35.6 Å². The van der Waals surface area contributed by atoms with Crippen molar-refractivity contribution in [2.45, 2.75) is 19.3 Å². The van der Waals surface area contributed by atoms with E-state index in [1.807, 2.05) is 0 Å². The van der Waals surface area contributed by atoms with Crippen LogP contribution in [0, 0.1) is 11.7 Å². The summed E-state index contributed by atoms with van der Waals surface area (Å²) in [6.45, 7) is 4.08. The Balaban J connectivity index is 2.25. The maximum Gasteiger partial charge on any atom is 0.308 e. The fourth-order valence-corrected chi connectivity index (χ4v) is 2.73. The van der Waals surface area contributed by atoms with Gasteiger partial charge in [0.2, 0.25) is 0 Å². The first-order valence-electron chi connectivity index (χ1n) is 6.33. The summed E-state index contributed by atoms with van der Waals surface area (Å²) in [7, 11) is 0. The molecule has 18 heavy (non-hydrogen) atoms. The summed E-state index contributed by atoms with van der Waals surface area (Å²) in [4.78, 5) is 13.4. The fourth-order valence-electron chi connectivity index (χ4n) is 2.73. The Morgan fingerprint density at radius 2 is 2.17 bits per heavy atom. The van der Waals surface area contributed by atoms with Crippen molar-refractivity contribution in [1.29, 1.82) is 0 Å². The lowest BCUT2D eigenvalue weighted by molar-refractivity contribution is -0.141. The highest BCUT2D eigenvalue weighted by Crippen LogP contribution is 2.34. The highest BCUT2D eigenvalue weighted by molar-refractivity contribution is 5.72. The van der Waals surface area contributed by atoms with Crippen LogP contribution < -0.4 is 0 Å². The molecule has 0 amide bonds. The number of carboxylic acid groups (broad SMARTS) is 1. The molecule has 98 valence electrons. The number of halogens is 1. The first-order chi connectivity index (χ1) is 8.63. The third-order valence-corrected chi connectivity index (χ3v) is 3.56. The van der Waals surface area contributed by atoms with E-state index in [1.54, 1.807) is 18.2 Å². The summed E-state index contributed by atoms with van der Waals surface area (Å²) < 4.78 is 13.8. The quantitative estimate of drug-likeness (QED) is 0.893. The molecule has 3 nitrogen and oxygen atoms in total. The van der Waals surface area contributed by atoms with Gasteiger partial charge in [0.15, 0.2) is 0 Å². The van der Waals surface area contributed by atoms with Crippen LogP contribution >= 0.6 is 0 Å². The summed E-state index contributed by atoms with van der Waals surface area (Å²) in [6, 6.07) is 6.50. The molecule has 0 bridgehead atoms. The van der Waals surface area contributed by atoms with Crippen LogP contribution in [-0.4, -0.2) is 35.6 Å². The zero-order valence-corrected chi connectivity index (χ0v) is 10.5. The van der Waals surface area contributed by atoms with E-state index in [9.17, 15) is 14.3 Å². The van der Waals surface area contributed by atoms with Crippen LogP contribution in [0.1, 0.15) is 24.8 Å². The summed E-state index contributed by atoms with van der Waals surface area (Å²) >= 11 is 0. The van der Waals surface area contributed by atoms with Crippen LogP contribution in [0.3, 0.4) is 0 Å². The standard InChI is InChI=1S/C14H18FNO2/c1-2-7-16-8-11(12(9-16)14(17)18)10-5-3-4-6-13(10)15/h3-6,11-12H,2,7-9H2,1H3,(H,17,18). The highest BCUT2D eigenvalue weighted by atomic mass is 19.1. The molecule has 1 N–H and O–H groups in total. The molecule has 0 saturated carbocycles. The SMILES string of the molecule is CCCN1CC(C(=O)O)C(c2ccccc2F)C1. The van der Waals surface area contributed by atoms with Gasteiger partial charge in [-0.25, -0.2) is 4.39 Å². The van der Waals surface area contributed by atoms with E-state index < -0.39 is 11.9 Å². The Bertz CT molecular complexity index is 436. The largest absolute Gasteiger partial charge is 0.481 e. The van der Waals surface area contributed by atoms with Crippen LogP contribution in [0.25, 0.3) is 0 Å². The molecule has 1 saturated heterocycles. The average Bonchev–Trinajstić information content (AvgIpc) is 2.74. The molecule has 2 rings (SSSR count). The third-order valence-electron chi connectivity index (χ3n) is 3.56. The van der Waals surface area contributed by atoms with Crippen molar-refractivity contribution >= 4 is 5.97 Å². The molecule has 1 aromatic carbocycles. The lowest BCUT2D eigenvalue weighted by Gasteiger charge is -2.16. The van der Waals surface area contributed by atoms with Gasteiger partial charge in [-0.2, -0.15) is 0 Å². The van der Waals surface area contributed by atoms with E-state index in [0.29, 0.717) is 18.7 Å². The van der Waals surface area contributed by atoms with Crippen molar-refractivity contribution in [3.63, 3.8) is 0 Å². The van der Waals surface area contributed by atoms with Crippen LogP contribution in [0.15, 0.2) is 24.3 Å². The number of carbonyl (C=O) groups is 1. The van der Waals surface area contributed by atoms with E-state index >= 15 is 0 Å². The fraction of sp³-hybridized carbons (Fsp3) is 0.500. The lowest BCUT2D eigenvalue weighted by atomic mass is 9.89. The molecule has 4 heteroatoms. The van der Waals surface area contributed by atoms with E-state index in [1.165, 1.54) is 6.07 Å². The highest BCUT2D eigenvalue weighted by Gasteiger charge is 2.39. The van der Waals surface area contributed by atoms with Crippen molar-refractivity contribution in [2.75, 3.05) is 19.6 Å². The molecule has 0 aliphatic carbocycles. The molecule has 2 atom stereocenters. The molecule has 2 unspecified atom stereocenters. The van der Waals surface area contributed by atoms with E-state index in [-0.39, 0.29) is 11.7 Å². The molecule has 1 aliphatic rings. The molecule has 1 heterocycles. The van der Waals surface area contributed by atoms with Crippen molar-refractivity contribution in [2.24, 2.45) is 5.92 Å². The van der Waals surface area contributed by atoms with Crippen LogP contribution in [0.2, 0.25) is 0 Å². The summed E-state index contributed by atoms with van der Waals surface area (Å²) in [5.41, 5.74) is 0.531. The van der Waals surface area contributed by atoms with Gasteiger partial charge in [0.25, 0.3) is 0 Å². The topological polar surface area (TPSA) is 40.5 Å². The minimum absolute atomic E-state index is 0.241. The Labute approximate surface area is 106 Å². The second kappa shape index (κ2) is 5.48. The van der Waals surface area contributed by atoms with Crippen LogP contribution in [0.5, 0.6) is 0 Å². The van der Waals surface area contributed by atoms with Crippen LogP contribution in [-0.2, 0) is 4.79 Å². The molecule has 0 spiro atoms. The van der Waals surface area contributed by atoms with Gasteiger partial charge < -0.3 is 10.0 Å². The molecule has 1 fully saturated rings. The van der Waals surface area contributed by atoms with Gasteiger partial charge in [-0.05, 0) is 24.6 Å². The number of rotatable bonds is 4. The number of hydrogen-bond donors (Lipinski definition) is 1. The zero-order valence-electron chi connectivity index (χ0n) is 10.5. The van der Waals surface area contributed by atoms with Crippen molar-refractivity contribution in [3.8, 4) is 0 Å². The van der Waals surface area contributed by atoms with Gasteiger partial charge >= 0.3 is 5.97 Å². The number of aliphatic carboxylic acids is 1. The second-order valence-corrected chi connectivity index (χ2v) is 4.83. The Kier molecular flexibility index (Phi) is 3.97. The van der Waals surface area contributed by atoms with Crippen LogP contribution in [0.4, 0.5) is 4.39 Å². The maximum atomic E-state index is 13.8. The predicted molar refractivity (Wildman–Crippen MR) is 67.0 cm³/mol. The number of nitrogens with zero attached hydrogens (tertiary/aromatic N) is 1. The second-order valence-electron chi connectivity index (χ2n) is 4.83. The molecular weight excluding hydrogens is 233 g/mol. The molecular formula is C14H18FNO2. The maximum absolute atomic E-state index is 13.8. The Hall–Kier alpha value is -1.42. The number of benzene rings is 1. The minimum atomic E-state index is -0.832. The van der Waals surface area contributed by atoms with Gasteiger partial charge in [0.05, 0.1) is 5.92 Å². The van der Waals surface area contributed by atoms with Gasteiger partial charge in [0.1, 0.15) is 5.82 Å². The predicted octanol–water partition coefficient (Wildman–Crippen LogP) is 2.34. The Morgan fingerprint density at radius 3 is 2.78 bits per heavy atom. The third kappa shape index (κ3) is 2.53. The first-order valence-corrected chi connectivity index (χ1v) is 6.33. The lowest BCUT2D eigenvalue weighted by Crippen LogP contribution is -2.24. The smallest absolute Gasteiger partial charge is 0.308 e. The minimum Gasteiger partial charge on any atom is -0.481 e. The van der Waals surface area contributed by atoms with E-state index in [0.717, 1.165) is 13.0 Å². The van der Waals surface area contributed by atoms with Gasteiger partial charge in [-0.3, -0.25) is 4.79 Å². The number of carboxylic acids is 1. The zero-order chi connectivity index (χ0) is 13.1. The molecule has 1 aliphatic heterocycles. The normalized spacial score (nSPS) is 24.3. The van der Waals surface area contributed by atoms with Gasteiger partial charge in [0, 0.05) is 19.0 Å². The van der Waals surface area contributed by atoms with Crippen molar-refractivity contribution < 1.29 is 14.3 Å². The number of hydrogen-bond acceptors (Lipinski definition) is 2. The van der Waals surface area contributed by atoms with Gasteiger partial charge in [-0.1, -0.05) is 25.1 Å². The van der Waals surface area contributed by atoms with E-state index in [2.05, 4.69) is 11.8 Å². The van der Waals surface area contributed by atoms with Crippen molar-refractivity contribution in [1.82, 2.24) is 4.90 Å².